The second kappa shape index (κ2) is 5.83. The molecule has 0 aliphatic rings. The average Bonchev–Trinajstić information content (AvgIpc) is 2.55. The third-order valence-corrected chi connectivity index (χ3v) is 3.50. The highest BCUT2D eigenvalue weighted by Crippen LogP contribution is 2.14. The molecule has 0 radical (unpaired) electrons. The third kappa shape index (κ3) is 2.97. The Hall–Kier alpha value is -2.55. The van der Waals surface area contributed by atoms with Crippen LogP contribution < -0.4 is 0 Å². The van der Waals surface area contributed by atoms with Crippen molar-refractivity contribution in [2.45, 2.75) is 19.8 Å². The van der Waals surface area contributed by atoms with Crippen LogP contribution in [0.3, 0.4) is 0 Å². The summed E-state index contributed by atoms with van der Waals surface area (Å²) in [6, 6.07) is 15.7. The molecule has 0 bridgehead atoms. The second-order valence-electron chi connectivity index (χ2n) is 5.00. The van der Waals surface area contributed by atoms with Gasteiger partial charge < -0.3 is 0 Å². The number of Topliss-reactive ketones (excluding diaryl/α,β-unsaturated/α-hetero) is 1. The molecule has 3 aromatic rings. The molecular weight excluding hydrogens is 260 g/mol. The molecule has 0 saturated carbocycles. The molecule has 2 aromatic heterocycles. The molecule has 0 N–H and O–H groups in total. The fourth-order valence-electron chi connectivity index (χ4n) is 2.31. The lowest BCUT2D eigenvalue weighted by Crippen LogP contribution is -1.98. The van der Waals surface area contributed by atoms with Gasteiger partial charge in [-0.1, -0.05) is 31.2 Å². The summed E-state index contributed by atoms with van der Waals surface area (Å²) >= 11 is 0. The van der Waals surface area contributed by atoms with E-state index in [1.807, 2.05) is 55.5 Å². The first-order chi connectivity index (χ1) is 10.3. The summed E-state index contributed by atoms with van der Waals surface area (Å²) in [4.78, 5) is 20.5. The lowest BCUT2D eigenvalue weighted by Gasteiger charge is -2.04. The van der Waals surface area contributed by atoms with Crippen LogP contribution in [0.5, 0.6) is 0 Å². The summed E-state index contributed by atoms with van der Waals surface area (Å²) in [5.41, 5.74) is 3.67. The predicted octanol–water partition coefficient (Wildman–Crippen LogP) is 3.81. The number of carbonyl (C=O) groups excluding carboxylic acids is 1. The highest BCUT2D eigenvalue weighted by molar-refractivity contribution is 5.95. The van der Waals surface area contributed by atoms with Crippen LogP contribution in [0.25, 0.3) is 11.0 Å². The quantitative estimate of drug-likeness (QED) is 0.680. The SMILES string of the molecule is CCC(=O)c1ccc(Cc2ccc3cccnc3n2)cc1. The van der Waals surface area contributed by atoms with Crippen molar-refractivity contribution in [3.8, 4) is 0 Å². The lowest BCUT2D eigenvalue weighted by molar-refractivity contribution is 0.0988. The highest BCUT2D eigenvalue weighted by Gasteiger charge is 2.04. The Morgan fingerprint density at radius 2 is 1.86 bits per heavy atom. The first-order valence-electron chi connectivity index (χ1n) is 7.09. The highest BCUT2D eigenvalue weighted by atomic mass is 16.1. The number of hydrogen-bond acceptors (Lipinski definition) is 3. The van der Waals surface area contributed by atoms with Crippen molar-refractivity contribution in [3.63, 3.8) is 0 Å². The Balaban J connectivity index is 1.83. The van der Waals surface area contributed by atoms with E-state index in [9.17, 15) is 4.79 Å². The van der Waals surface area contributed by atoms with E-state index in [0.29, 0.717) is 6.42 Å². The van der Waals surface area contributed by atoms with E-state index < -0.39 is 0 Å². The Morgan fingerprint density at radius 3 is 2.62 bits per heavy atom. The van der Waals surface area contributed by atoms with Crippen LogP contribution in [-0.4, -0.2) is 15.8 Å². The van der Waals surface area contributed by atoms with Gasteiger partial charge in [0.2, 0.25) is 0 Å². The molecule has 104 valence electrons. The molecule has 2 heterocycles. The maximum Gasteiger partial charge on any atom is 0.162 e. The van der Waals surface area contributed by atoms with Crippen LogP contribution in [0.1, 0.15) is 35.0 Å². The molecule has 0 amide bonds. The summed E-state index contributed by atoms with van der Waals surface area (Å²) in [5, 5.41) is 1.05. The maximum absolute atomic E-state index is 11.6. The van der Waals surface area contributed by atoms with Gasteiger partial charge in [0.1, 0.15) is 0 Å². The van der Waals surface area contributed by atoms with Gasteiger partial charge in [-0.25, -0.2) is 9.97 Å². The number of aromatic nitrogens is 2. The summed E-state index contributed by atoms with van der Waals surface area (Å²) in [7, 11) is 0. The third-order valence-electron chi connectivity index (χ3n) is 3.50. The first kappa shape index (κ1) is 13.4. The van der Waals surface area contributed by atoms with Crippen molar-refractivity contribution >= 4 is 16.8 Å². The number of benzene rings is 1. The van der Waals surface area contributed by atoms with Crippen molar-refractivity contribution in [1.29, 1.82) is 0 Å². The molecule has 0 aliphatic carbocycles. The van der Waals surface area contributed by atoms with Gasteiger partial charge in [0.15, 0.2) is 11.4 Å². The minimum absolute atomic E-state index is 0.176. The second-order valence-corrected chi connectivity index (χ2v) is 5.00. The summed E-state index contributed by atoms with van der Waals surface area (Å²) < 4.78 is 0. The molecule has 21 heavy (non-hydrogen) atoms. The van der Waals surface area contributed by atoms with Gasteiger partial charge in [-0.2, -0.15) is 0 Å². The van der Waals surface area contributed by atoms with E-state index in [1.54, 1.807) is 6.20 Å². The minimum Gasteiger partial charge on any atom is -0.294 e. The van der Waals surface area contributed by atoms with Crippen LogP contribution in [-0.2, 0) is 6.42 Å². The molecule has 3 heteroatoms. The van der Waals surface area contributed by atoms with Gasteiger partial charge in [0, 0.05) is 35.7 Å². The van der Waals surface area contributed by atoms with E-state index in [1.165, 1.54) is 0 Å². The monoisotopic (exact) mass is 276 g/mol. The Morgan fingerprint density at radius 1 is 1.05 bits per heavy atom. The topological polar surface area (TPSA) is 42.9 Å². The van der Waals surface area contributed by atoms with Gasteiger partial charge in [-0.05, 0) is 29.8 Å². The molecule has 0 saturated heterocycles. The van der Waals surface area contributed by atoms with E-state index in [4.69, 9.17) is 0 Å². The van der Waals surface area contributed by atoms with Crippen LogP contribution >= 0.6 is 0 Å². The zero-order valence-corrected chi connectivity index (χ0v) is 11.9. The minimum atomic E-state index is 0.176. The van der Waals surface area contributed by atoms with Crippen LogP contribution in [0, 0.1) is 0 Å². The number of nitrogens with zero attached hydrogens (tertiary/aromatic N) is 2. The number of pyridine rings is 2. The number of hydrogen-bond donors (Lipinski definition) is 0. The number of carbonyl (C=O) groups is 1. The molecule has 3 rings (SSSR count). The van der Waals surface area contributed by atoms with Crippen molar-refractivity contribution in [2.75, 3.05) is 0 Å². The fraction of sp³-hybridized carbons (Fsp3) is 0.167. The smallest absolute Gasteiger partial charge is 0.162 e. The number of rotatable bonds is 4. The Labute approximate surface area is 123 Å². The van der Waals surface area contributed by atoms with Crippen LogP contribution in [0.4, 0.5) is 0 Å². The van der Waals surface area contributed by atoms with Crippen molar-refractivity contribution in [1.82, 2.24) is 9.97 Å². The molecule has 0 spiro atoms. The number of fused-ring (bicyclic) bond motifs is 1. The summed E-state index contributed by atoms with van der Waals surface area (Å²) in [6.45, 7) is 1.88. The maximum atomic E-state index is 11.6. The summed E-state index contributed by atoms with van der Waals surface area (Å²) in [6.07, 6.45) is 3.04. The molecule has 0 aliphatic heterocycles. The molecule has 0 atom stereocenters. The largest absolute Gasteiger partial charge is 0.294 e. The van der Waals surface area contributed by atoms with Crippen LogP contribution in [0.2, 0.25) is 0 Å². The fourth-order valence-corrected chi connectivity index (χ4v) is 2.31. The predicted molar refractivity (Wildman–Crippen MR) is 83.4 cm³/mol. The van der Waals surface area contributed by atoms with E-state index in [0.717, 1.165) is 34.3 Å². The lowest BCUT2D eigenvalue weighted by atomic mass is 10.0. The van der Waals surface area contributed by atoms with Gasteiger partial charge >= 0.3 is 0 Å². The van der Waals surface area contributed by atoms with Gasteiger partial charge in [-0.3, -0.25) is 4.79 Å². The standard InChI is InChI=1S/C18H16N2O/c1-2-17(21)14-7-5-13(6-8-14)12-16-10-9-15-4-3-11-19-18(15)20-16/h3-11H,2,12H2,1H3. The van der Waals surface area contributed by atoms with E-state index in [-0.39, 0.29) is 5.78 Å². The molecule has 3 nitrogen and oxygen atoms in total. The zero-order valence-electron chi connectivity index (χ0n) is 11.9. The Bertz CT molecular complexity index is 779. The Kier molecular flexibility index (Phi) is 3.73. The van der Waals surface area contributed by atoms with Gasteiger partial charge in [0.25, 0.3) is 0 Å². The van der Waals surface area contributed by atoms with Gasteiger partial charge in [-0.15, -0.1) is 0 Å². The first-order valence-corrected chi connectivity index (χ1v) is 7.09. The van der Waals surface area contributed by atoms with Crippen LogP contribution in [0.15, 0.2) is 54.7 Å². The zero-order chi connectivity index (χ0) is 14.7. The van der Waals surface area contributed by atoms with Gasteiger partial charge in [0.05, 0.1) is 0 Å². The summed E-state index contributed by atoms with van der Waals surface area (Å²) in [5.74, 6) is 0.176. The van der Waals surface area contributed by atoms with Crippen molar-refractivity contribution in [3.05, 3.63) is 71.5 Å². The molecular formula is C18H16N2O. The van der Waals surface area contributed by atoms with E-state index in [2.05, 4.69) is 9.97 Å². The van der Waals surface area contributed by atoms with Crippen molar-refractivity contribution in [2.24, 2.45) is 0 Å². The molecule has 0 unspecified atom stereocenters. The molecule has 1 aromatic carbocycles. The number of ketones is 1. The normalized spacial score (nSPS) is 10.7. The molecule has 0 fully saturated rings. The van der Waals surface area contributed by atoms with Crippen molar-refractivity contribution < 1.29 is 4.79 Å². The average molecular weight is 276 g/mol. The van der Waals surface area contributed by atoms with E-state index >= 15 is 0 Å².